The molecule has 0 atom stereocenters. The maximum Gasteiger partial charge on any atom is 0.153 e. The normalized spacial score (nSPS) is 10.6. The van der Waals surface area contributed by atoms with Gasteiger partial charge in [-0.3, -0.25) is 5.10 Å². The lowest BCUT2D eigenvalue weighted by Crippen LogP contribution is -1.88. The van der Waals surface area contributed by atoms with E-state index in [1.807, 2.05) is 41.8 Å². The first kappa shape index (κ1) is 11.8. The van der Waals surface area contributed by atoms with Gasteiger partial charge in [0.05, 0.1) is 23.2 Å². The SMILES string of the molecule is COc1csc(-c2[nH]nc(N)c2-c2ccccc2)c1. The largest absolute Gasteiger partial charge is 0.496 e. The molecule has 19 heavy (non-hydrogen) atoms. The summed E-state index contributed by atoms with van der Waals surface area (Å²) in [4.78, 5) is 1.06. The van der Waals surface area contributed by atoms with Crippen molar-refractivity contribution in [1.29, 1.82) is 0 Å². The van der Waals surface area contributed by atoms with Gasteiger partial charge in [-0.1, -0.05) is 30.3 Å². The van der Waals surface area contributed by atoms with Crippen molar-refractivity contribution < 1.29 is 4.74 Å². The van der Waals surface area contributed by atoms with Crippen LogP contribution in [0.25, 0.3) is 21.7 Å². The van der Waals surface area contributed by atoms with Crippen LogP contribution in [0, 0.1) is 0 Å². The number of hydrogen-bond acceptors (Lipinski definition) is 4. The van der Waals surface area contributed by atoms with Gasteiger partial charge in [-0.25, -0.2) is 0 Å². The number of nitrogen functional groups attached to an aromatic ring is 1. The van der Waals surface area contributed by atoms with Gasteiger partial charge in [0, 0.05) is 11.4 Å². The van der Waals surface area contributed by atoms with Crippen LogP contribution in [-0.4, -0.2) is 17.3 Å². The molecule has 3 N–H and O–H groups in total. The summed E-state index contributed by atoms with van der Waals surface area (Å²) in [5, 5.41) is 9.09. The van der Waals surface area contributed by atoms with Crippen molar-refractivity contribution in [3.63, 3.8) is 0 Å². The number of ether oxygens (including phenoxy) is 1. The summed E-state index contributed by atoms with van der Waals surface area (Å²) in [7, 11) is 1.66. The van der Waals surface area contributed by atoms with Gasteiger partial charge in [0.25, 0.3) is 0 Å². The maximum atomic E-state index is 5.98. The first-order valence-corrected chi connectivity index (χ1v) is 6.69. The van der Waals surface area contributed by atoms with Gasteiger partial charge >= 0.3 is 0 Å². The Morgan fingerprint density at radius 1 is 1.26 bits per heavy atom. The molecule has 5 heteroatoms. The third-order valence-corrected chi connectivity index (χ3v) is 3.84. The first-order valence-electron chi connectivity index (χ1n) is 5.81. The minimum absolute atomic E-state index is 0.508. The highest BCUT2D eigenvalue weighted by Gasteiger charge is 2.16. The fraction of sp³-hybridized carbons (Fsp3) is 0.0714. The van der Waals surface area contributed by atoms with Crippen LogP contribution in [0.4, 0.5) is 5.82 Å². The monoisotopic (exact) mass is 271 g/mol. The topological polar surface area (TPSA) is 63.9 Å². The number of benzene rings is 1. The Labute approximate surface area is 114 Å². The van der Waals surface area contributed by atoms with Gasteiger partial charge in [-0.05, 0) is 5.56 Å². The van der Waals surface area contributed by atoms with E-state index in [0.717, 1.165) is 27.4 Å². The maximum absolute atomic E-state index is 5.98. The number of rotatable bonds is 3. The third kappa shape index (κ3) is 2.08. The Bertz CT molecular complexity index is 688. The van der Waals surface area contributed by atoms with Crippen molar-refractivity contribution in [1.82, 2.24) is 10.2 Å². The molecule has 0 unspecified atom stereocenters. The standard InChI is InChI=1S/C14H13N3OS/c1-18-10-7-11(19-8-10)13-12(14(15)17-16-13)9-5-3-2-4-6-9/h2-8H,1H3,(H3,15,16,17). The number of aromatic amines is 1. The number of H-pyrrole nitrogens is 1. The molecule has 0 aliphatic carbocycles. The summed E-state index contributed by atoms with van der Waals surface area (Å²) in [6.07, 6.45) is 0. The molecular weight excluding hydrogens is 258 g/mol. The lowest BCUT2D eigenvalue weighted by Gasteiger charge is -2.02. The second-order valence-electron chi connectivity index (χ2n) is 4.08. The van der Waals surface area contributed by atoms with Crippen LogP contribution in [0.3, 0.4) is 0 Å². The van der Waals surface area contributed by atoms with E-state index in [4.69, 9.17) is 10.5 Å². The average Bonchev–Trinajstić information content (AvgIpc) is 3.05. The lowest BCUT2D eigenvalue weighted by atomic mass is 10.0. The van der Waals surface area contributed by atoms with Crippen molar-refractivity contribution in [2.24, 2.45) is 0 Å². The molecular formula is C14H13N3OS. The molecule has 0 aliphatic rings. The summed E-state index contributed by atoms with van der Waals surface area (Å²) in [6.45, 7) is 0. The van der Waals surface area contributed by atoms with E-state index in [2.05, 4.69) is 10.2 Å². The van der Waals surface area contributed by atoms with E-state index in [9.17, 15) is 0 Å². The van der Waals surface area contributed by atoms with E-state index < -0.39 is 0 Å². The third-order valence-electron chi connectivity index (χ3n) is 2.91. The molecule has 0 radical (unpaired) electrons. The lowest BCUT2D eigenvalue weighted by molar-refractivity contribution is 0.417. The Balaban J connectivity index is 2.13. The van der Waals surface area contributed by atoms with Crippen LogP contribution in [0.1, 0.15) is 0 Å². The van der Waals surface area contributed by atoms with E-state index >= 15 is 0 Å². The molecule has 96 valence electrons. The number of nitrogens with zero attached hydrogens (tertiary/aromatic N) is 1. The highest BCUT2D eigenvalue weighted by Crippen LogP contribution is 2.38. The second kappa shape index (κ2) is 4.78. The van der Waals surface area contributed by atoms with Gasteiger partial charge in [0.15, 0.2) is 5.82 Å². The molecule has 0 amide bonds. The highest BCUT2D eigenvalue weighted by molar-refractivity contribution is 7.13. The fourth-order valence-corrected chi connectivity index (χ4v) is 2.85. The van der Waals surface area contributed by atoms with Gasteiger partial charge in [-0.15, -0.1) is 11.3 Å². The number of nitrogens with one attached hydrogen (secondary N) is 1. The smallest absolute Gasteiger partial charge is 0.153 e. The van der Waals surface area contributed by atoms with Gasteiger partial charge in [0.2, 0.25) is 0 Å². The fourth-order valence-electron chi connectivity index (χ4n) is 1.99. The minimum atomic E-state index is 0.508. The van der Waals surface area contributed by atoms with Crippen molar-refractivity contribution in [2.45, 2.75) is 0 Å². The number of aromatic nitrogens is 2. The van der Waals surface area contributed by atoms with Gasteiger partial charge in [0.1, 0.15) is 5.75 Å². The zero-order valence-electron chi connectivity index (χ0n) is 10.4. The summed E-state index contributed by atoms with van der Waals surface area (Å²) < 4.78 is 5.21. The van der Waals surface area contributed by atoms with E-state index in [1.165, 1.54) is 0 Å². The van der Waals surface area contributed by atoms with Crippen LogP contribution >= 0.6 is 11.3 Å². The molecule has 3 rings (SSSR count). The van der Waals surface area contributed by atoms with Crippen LogP contribution < -0.4 is 10.5 Å². The zero-order valence-corrected chi connectivity index (χ0v) is 11.2. The Hall–Kier alpha value is -2.27. The molecule has 0 saturated heterocycles. The molecule has 2 heterocycles. The van der Waals surface area contributed by atoms with Crippen LogP contribution in [0.5, 0.6) is 5.75 Å². The number of methoxy groups -OCH3 is 1. The van der Waals surface area contributed by atoms with Gasteiger partial charge in [-0.2, -0.15) is 5.10 Å². The van der Waals surface area contributed by atoms with Crippen molar-refractivity contribution >= 4 is 17.2 Å². The minimum Gasteiger partial charge on any atom is -0.496 e. The second-order valence-corrected chi connectivity index (χ2v) is 4.99. The highest BCUT2D eigenvalue weighted by atomic mass is 32.1. The van der Waals surface area contributed by atoms with Gasteiger partial charge < -0.3 is 10.5 Å². The van der Waals surface area contributed by atoms with Crippen LogP contribution in [0.2, 0.25) is 0 Å². The molecule has 0 saturated carbocycles. The van der Waals surface area contributed by atoms with E-state index in [1.54, 1.807) is 18.4 Å². The first-order chi connectivity index (χ1) is 9.29. The summed E-state index contributed by atoms with van der Waals surface area (Å²) in [5.41, 5.74) is 8.90. The molecule has 0 fully saturated rings. The van der Waals surface area contributed by atoms with Crippen molar-refractivity contribution in [2.75, 3.05) is 12.8 Å². The molecule has 3 aromatic rings. The summed E-state index contributed by atoms with van der Waals surface area (Å²) in [5.74, 6) is 1.35. The Morgan fingerprint density at radius 3 is 2.74 bits per heavy atom. The van der Waals surface area contributed by atoms with Crippen LogP contribution in [0.15, 0.2) is 41.8 Å². The molecule has 0 spiro atoms. The summed E-state index contributed by atoms with van der Waals surface area (Å²) >= 11 is 1.60. The quantitative estimate of drug-likeness (QED) is 0.767. The zero-order chi connectivity index (χ0) is 13.2. The Morgan fingerprint density at radius 2 is 2.05 bits per heavy atom. The number of thiophene rings is 1. The molecule has 1 aromatic carbocycles. The molecule has 0 aliphatic heterocycles. The Kier molecular flexibility index (Phi) is 2.97. The summed E-state index contributed by atoms with van der Waals surface area (Å²) in [6, 6.07) is 12.0. The number of anilines is 1. The number of nitrogens with two attached hydrogens (primary N) is 1. The average molecular weight is 271 g/mol. The molecule has 0 bridgehead atoms. The predicted molar refractivity (Wildman–Crippen MR) is 78.3 cm³/mol. The van der Waals surface area contributed by atoms with E-state index in [0.29, 0.717) is 5.82 Å². The van der Waals surface area contributed by atoms with Crippen LogP contribution in [-0.2, 0) is 0 Å². The molecule has 2 aromatic heterocycles. The van der Waals surface area contributed by atoms with Crippen molar-refractivity contribution in [3.8, 4) is 27.4 Å². The number of hydrogen-bond donors (Lipinski definition) is 2. The van der Waals surface area contributed by atoms with Crippen molar-refractivity contribution in [3.05, 3.63) is 41.8 Å². The van der Waals surface area contributed by atoms with E-state index in [-0.39, 0.29) is 0 Å². The molecule has 4 nitrogen and oxygen atoms in total. The predicted octanol–water partition coefficient (Wildman–Crippen LogP) is 3.40.